The molecule has 1 aliphatic carbocycles. The highest BCUT2D eigenvalue weighted by Crippen LogP contribution is 2.40. The van der Waals surface area contributed by atoms with Gasteiger partial charge in [-0.25, -0.2) is 8.78 Å². The lowest BCUT2D eigenvalue weighted by Crippen LogP contribution is -2.28. The second-order valence-corrected chi connectivity index (χ2v) is 9.21. The van der Waals surface area contributed by atoms with Gasteiger partial charge in [0, 0.05) is 24.6 Å². The molecule has 3 heterocycles. The number of rotatable bonds is 4. The van der Waals surface area contributed by atoms with Crippen LogP contribution in [-0.2, 0) is 22.7 Å². The zero-order chi connectivity index (χ0) is 28.6. The van der Waals surface area contributed by atoms with Crippen LogP contribution in [0.5, 0.6) is 11.8 Å². The highest BCUT2D eigenvalue weighted by molar-refractivity contribution is 6.30. The molecule has 0 bridgehead atoms. The molecule has 0 unspecified atom stereocenters. The van der Waals surface area contributed by atoms with Gasteiger partial charge in [-0.1, -0.05) is 24.3 Å². The van der Waals surface area contributed by atoms with E-state index in [4.69, 9.17) is 5.41 Å². The van der Waals surface area contributed by atoms with Crippen molar-refractivity contribution in [3.8, 4) is 11.8 Å². The Kier molecular flexibility index (Phi) is 6.95. The molecule has 2 aromatic carbocycles. The summed E-state index contributed by atoms with van der Waals surface area (Å²) in [6.45, 7) is 0.271. The Morgan fingerprint density at radius 1 is 0.775 bits per heavy atom. The molecule has 9 nitrogen and oxygen atoms in total. The van der Waals surface area contributed by atoms with Gasteiger partial charge in [-0.15, -0.1) is 0 Å². The molecule has 1 aliphatic heterocycles. The van der Waals surface area contributed by atoms with Gasteiger partial charge in [-0.2, -0.15) is 0 Å². The normalized spacial score (nSPS) is 14.1. The summed E-state index contributed by atoms with van der Waals surface area (Å²) < 4.78 is 26.8. The van der Waals surface area contributed by atoms with Crippen LogP contribution < -0.4 is 0 Å². The van der Waals surface area contributed by atoms with Crippen molar-refractivity contribution in [2.75, 3.05) is 0 Å². The number of halogens is 2. The lowest BCUT2D eigenvalue weighted by atomic mass is 9.89. The summed E-state index contributed by atoms with van der Waals surface area (Å²) in [6.07, 6.45) is 2.02. The minimum atomic E-state index is -0.549. The summed E-state index contributed by atoms with van der Waals surface area (Å²) in [5.41, 5.74) is 1.50. The number of imide groups is 1. The number of nitrogens with zero attached hydrogens (tertiary/aromatic N) is 3. The van der Waals surface area contributed by atoms with Crippen molar-refractivity contribution in [2.24, 2.45) is 0 Å². The first-order chi connectivity index (χ1) is 19.2. The number of nitrogens with one attached hydrogen (secondary N) is 1. The van der Waals surface area contributed by atoms with Gasteiger partial charge in [-0.05, 0) is 47.5 Å². The maximum Gasteiger partial charge on any atom is 0.229 e. The number of ketones is 1. The van der Waals surface area contributed by atoms with E-state index in [0.717, 1.165) is 10.1 Å². The number of pyridine rings is 1. The number of hydrogen-bond acceptors (Lipinski definition) is 7. The van der Waals surface area contributed by atoms with Gasteiger partial charge in [0.05, 0.1) is 29.9 Å². The predicted octanol–water partition coefficient (Wildman–Crippen LogP) is 3.92. The number of likely N-dealkylation sites (tertiary alicyclic amines) is 1. The minimum Gasteiger partial charge on any atom is -0.494 e. The van der Waals surface area contributed by atoms with Crippen LogP contribution in [0.15, 0.2) is 66.9 Å². The third-order valence-electron chi connectivity index (χ3n) is 6.64. The third kappa shape index (κ3) is 4.84. The number of aromatic nitrogens is 2. The zero-order valence-corrected chi connectivity index (χ0v) is 20.9. The molecule has 2 amide bonds. The maximum absolute atomic E-state index is 13.0. The highest BCUT2D eigenvalue weighted by Gasteiger charge is 2.37. The van der Waals surface area contributed by atoms with Gasteiger partial charge >= 0.3 is 0 Å². The minimum absolute atomic E-state index is 0.0230. The standard InChI is InChI=1S/C18H12FN3O3.C11H10FNO2/c19-10-5-3-9(4-6-10)8-22-17(24)12-13(18(22)25)16(23)15-11(14(12)20)2-1-7-21-15;12-9-3-1-8(2-4-9)7-13-10(14)5-6-11(13)15/h1-7,20,24-25H,8H2;1-4H,5-7H2. The van der Waals surface area contributed by atoms with Crippen molar-refractivity contribution in [3.63, 3.8) is 0 Å². The first kappa shape index (κ1) is 26.4. The number of carbonyl (C=O) groups excluding carboxylic acids is 3. The van der Waals surface area contributed by atoms with Crippen LogP contribution in [0.25, 0.3) is 0 Å². The molecular formula is C29H22F2N4O5. The third-order valence-corrected chi connectivity index (χ3v) is 6.64. The second kappa shape index (κ2) is 10.5. The molecule has 0 atom stereocenters. The fraction of sp³-hybridized carbons (Fsp3) is 0.138. The molecule has 1 fully saturated rings. The number of amides is 2. The zero-order valence-electron chi connectivity index (χ0n) is 20.9. The van der Waals surface area contributed by atoms with Crippen molar-refractivity contribution < 1.29 is 33.4 Å². The number of fused-ring (bicyclic) bond motifs is 2. The molecule has 0 spiro atoms. The second-order valence-electron chi connectivity index (χ2n) is 9.21. The topological polar surface area (TPSA) is 137 Å². The average Bonchev–Trinajstić information content (AvgIpc) is 3.40. The van der Waals surface area contributed by atoms with E-state index in [0.29, 0.717) is 24.0 Å². The van der Waals surface area contributed by atoms with E-state index in [1.807, 2.05) is 0 Å². The number of benzene rings is 2. The van der Waals surface area contributed by atoms with Crippen molar-refractivity contribution in [2.45, 2.75) is 25.9 Å². The Hall–Kier alpha value is -5.19. The lowest BCUT2D eigenvalue weighted by molar-refractivity contribution is -0.139. The van der Waals surface area contributed by atoms with Crippen LogP contribution in [-0.4, -0.2) is 48.0 Å². The summed E-state index contributed by atoms with van der Waals surface area (Å²) in [4.78, 5) is 40.4. The Morgan fingerprint density at radius 2 is 1.30 bits per heavy atom. The van der Waals surface area contributed by atoms with Gasteiger partial charge in [0.15, 0.2) is 0 Å². The molecule has 1 saturated heterocycles. The van der Waals surface area contributed by atoms with E-state index in [1.54, 1.807) is 24.3 Å². The molecule has 0 saturated carbocycles. The SMILES string of the molecule is N=C1c2cccnc2C(=O)c2c1c(O)n(Cc1ccc(F)cc1)c2O.O=C1CCC(=O)N1Cc1ccc(F)cc1. The van der Waals surface area contributed by atoms with Crippen LogP contribution in [0.4, 0.5) is 8.78 Å². The van der Waals surface area contributed by atoms with Crippen molar-refractivity contribution in [1.29, 1.82) is 5.41 Å². The Labute approximate surface area is 226 Å². The Bertz CT molecular complexity index is 1590. The van der Waals surface area contributed by atoms with Crippen LogP contribution in [0, 0.1) is 17.0 Å². The first-order valence-corrected chi connectivity index (χ1v) is 12.2. The van der Waals surface area contributed by atoms with E-state index in [9.17, 15) is 33.4 Å². The molecule has 202 valence electrons. The number of aromatic hydroxyl groups is 2. The summed E-state index contributed by atoms with van der Waals surface area (Å²) in [5.74, 6) is -2.39. The van der Waals surface area contributed by atoms with Crippen molar-refractivity contribution >= 4 is 23.3 Å². The summed E-state index contributed by atoms with van der Waals surface area (Å²) in [5, 5.41) is 29.2. The fourth-order valence-corrected chi connectivity index (χ4v) is 4.58. The molecule has 6 rings (SSSR count). The first-order valence-electron chi connectivity index (χ1n) is 12.2. The van der Waals surface area contributed by atoms with E-state index < -0.39 is 17.5 Å². The van der Waals surface area contributed by atoms with Crippen LogP contribution in [0.1, 0.15) is 51.1 Å². The van der Waals surface area contributed by atoms with Gasteiger partial charge < -0.3 is 10.2 Å². The van der Waals surface area contributed by atoms with Gasteiger partial charge in [-0.3, -0.25) is 34.2 Å². The van der Waals surface area contributed by atoms with E-state index >= 15 is 0 Å². The van der Waals surface area contributed by atoms with Gasteiger partial charge in [0.25, 0.3) is 0 Å². The predicted molar refractivity (Wildman–Crippen MR) is 138 cm³/mol. The number of hydrogen-bond donors (Lipinski definition) is 3. The van der Waals surface area contributed by atoms with Gasteiger partial charge in [0.1, 0.15) is 17.3 Å². The Balaban J connectivity index is 0.000000184. The number of carbonyl (C=O) groups is 3. The molecule has 0 radical (unpaired) electrons. The monoisotopic (exact) mass is 544 g/mol. The van der Waals surface area contributed by atoms with Crippen molar-refractivity contribution in [3.05, 3.63) is 112 Å². The van der Waals surface area contributed by atoms with Crippen LogP contribution in [0.2, 0.25) is 0 Å². The summed E-state index contributed by atoms with van der Waals surface area (Å²) in [6, 6.07) is 14.5. The van der Waals surface area contributed by atoms with Crippen LogP contribution in [0.3, 0.4) is 0 Å². The quantitative estimate of drug-likeness (QED) is 0.294. The molecule has 11 heteroatoms. The summed E-state index contributed by atoms with van der Waals surface area (Å²) in [7, 11) is 0. The average molecular weight is 545 g/mol. The Morgan fingerprint density at radius 3 is 1.88 bits per heavy atom. The van der Waals surface area contributed by atoms with Crippen LogP contribution >= 0.6 is 0 Å². The molecule has 2 aliphatic rings. The van der Waals surface area contributed by atoms with E-state index in [2.05, 4.69) is 4.98 Å². The smallest absolute Gasteiger partial charge is 0.229 e. The molecule has 40 heavy (non-hydrogen) atoms. The molecule has 3 N–H and O–H groups in total. The fourth-order valence-electron chi connectivity index (χ4n) is 4.58. The highest BCUT2D eigenvalue weighted by atomic mass is 19.1. The van der Waals surface area contributed by atoms with Gasteiger partial charge in [0.2, 0.25) is 29.4 Å². The van der Waals surface area contributed by atoms with E-state index in [1.165, 1.54) is 47.5 Å². The lowest BCUT2D eigenvalue weighted by Gasteiger charge is -2.14. The van der Waals surface area contributed by atoms with Crippen molar-refractivity contribution in [1.82, 2.24) is 14.5 Å². The summed E-state index contributed by atoms with van der Waals surface area (Å²) >= 11 is 0. The van der Waals surface area contributed by atoms with E-state index in [-0.39, 0.29) is 59.1 Å². The molecule has 2 aromatic heterocycles. The maximum atomic E-state index is 13.0. The largest absolute Gasteiger partial charge is 0.494 e. The molecule has 4 aromatic rings. The molecular weight excluding hydrogens is 522 g/mol.